The van der Waals surface area contributed by atoms with Crippen LogP contribution in [0.15, 0.2) is 12.4 Å². The standard InChI is InChI=1S/C14H18N4O2S/c1-3-20-13(19)10-4-5-11-12(10)18-14(21-11)17-8(2)9-6-15-16-7-9/h6-8,10H,3-5H2,1-2H3,(H,15,16)(H,17,18). The lowest BCUT2D eigenvalue weighted by atomic mass is 10.1. The number of nitrogens with one attached hydrogen (secondary N) is 2. The molecule has 6 nitrogen and oxygen atoms in total. The van der Waals surface area contributed by atoms with Crippen LogP contribution in [0.3, 0.4) is 0 Å². The number of carbonyl (C=O) groups is 1. The number of thiazole rings is 1. The largest absolute Gasteiger partial charge is 0.465 e. The topological polar surface area (TPSA) is 79.9 Å². The summed E-state index contributed by atoms with van der Waals surface area (Å²) in [5.41, 5.74) is 1.97. The molecule has 2 aromatic rings. The molecule has 112 valence electrons. The summed E-state index contributed by atoms with van der Waals surface area (Å²) in [6.45, 7) is 4.30. The molecular weight excluding hydrogens is 288 g/mol. The van der Waals surface area contributed by atoms with Crippen LogP contribution < -0.4 is 5.32 Å². The molecule has 2 N–H and O–H groups in total. The van der Waals surface area contributed by atoms with E-state index in [1.54, 1.807) is 17.5 Å². The lowest BCUT2D eigenvalue weighted by molar-refractivity contribution is -0.145. The predicted molar refractivity (Wildman–Crippen MR) is 80.4 cm³/mol. The van der Waals surface area contributed by atoms with Gasteiger partial charge in [0.2, 0.25) is 0 Å². The Balaban J connectivity index is 1.73. The van der Waals surface area contributed by atoms with E-state index in [0.29, 0.717) is 6.61 Å². The molecule has 0 spiro atoms. The third-order valence-electron chi connectivity index (χ3n) is 3.65. The average molecular weight is 306 g/mol. The molecule has 2 atom stereocenters. The Hall–Kier alpha value is -1.89. The molecule has 0 aromatic carbocycles. The van der Waals surface area contributed by atoms with E-state index in [9.17, 15) is 4.79 Å². The Morgan fingerprint density at radius 1 is 1.67 bits per heavy atom. The summed E-state index contributed by atoms with van der Waals surface area (Å²) in [7, 11) is 0. The van der Waals surface area contributed by atoms with Gasteiger partial charge in [0.1, 0.15) is 5.92 Å². The third kappa shape index (κ3) is 2.78. The highest BCUT2D eigenvalue weighted by atomic mass is 32.1. The fourth-order valence-corrected chi connectivity index (χ4v) is 3.65. The maximum absolute atomic E-state index is 11.9. The number of hydrogen-bond acceptors (Lipinski definition) is 6. The van der Waals surface area contributed by atoms with Crippen molar-refractivity contribution in [2.45, 2.75) is 38.6 Å². The highest BCUT2D eigenvalue weighted by Gasteiger charge is 2.33. The number of rotatable bonds is 5. The van der Waals surface area contributed by atoms with Gasteiger partial charge in [-0.15, -0.1) is 11.3 Å². The van der Waals surface area contributed by atoms with Gasteiger partial charge in [-0.25, -0.2) is 4.98 Å². The number of fused-ring (bicyclic) bond motifs is 1. The number of carbonyl (C=O) groups excluding carboxylic acids is 1. The van der Waals surface area contributed by atoms with Gasteiger partial charge >= 0.3 is 5.97 Å². The lowest BCUT2D eigenvalue weighted by Crippen LogP contribution is -2.14. The predicted octanol–water partition coefficient (Wildman–Crippen LogP) is 2.63. The smallest absolute Gasteiger partial charge is 0.315 e. The van der Waals surface area contributed by atoms with Crippen molar-refractivity contribution in [1.82, 2.24) is 15.2 Å². The van der Waals surface area contributed by atoms with Gasteiger partial charge in [0, 0.05) is 16.6 Å². The van der Waals surface area contributed by atoms with Gasteiger partial charge in [-0.2, -0.15) is 5.10 Å². The zero-order valence-corrected chi connectivity index (χ0v) is 12.9. The first-order valence-electron chi connectivity index (χ1n) is 7.10. The molecule has 1 aliphatic carbocycles. The second-order valence-corrected chi connectivity index (χ2v) is 6.15. The Kier molecular flexibility index (Phi) is 3.92. The van der Waals surface area contributed by atoms with Crippen LogP contribution in [0, 0.1) is 0 Å². The first-order chi connectivity index (χ1) is 10.2. The van der Waals surface area contributed by atoms with Crippen LogP contribution in [0.1, 0.15) is 48.4 Å². The van der Waals surface area contributed by atoms with Crippen molar-refractivity contribution in [3.63, 3.8) is 0 Å². The number of H-pyrrole nitrogens is 1. The summed E-state index contributed by atoms with van der Waals surface area (Å²) in [5, 5.41) is 11.0. The minimum Gasteiger partial charge on any atom is -0.465 e. The summed E-state index contributed by atoms with van der Waals surface area (Å²) in [4.78, 5) is 17.7. The molecule has 3 rings (SSSR count). The van der Waals surface area contributed by atoms with Gasteiger partial charge in [0.25, 0.3) is 0 Å². The Bertz CT molecular complexity index is 623. The van der Waals surface area contributed by atoms with Crippen molar-refractivity contribution in [1.29, 1.82) is 0 Å². The molecule has 0 fully saturated rings. The minimum atomic E-state index is -0.198. The van der Waals surface area contributed by atoms with Crippen LogP contribution in [0.5, 0.6) is 0 Å². The number of aryl methyl sites for hydroxylation is 1. The third-order valence-corrected chi connectivity index (χ3v) is 4.71. The highest BCUT2D eigenvalue weighted by Crippen LogP contribution is 2.39. The highest BCUT2D eigenvalue weighted by molar-refractivity contribution is 7.15. The van der Waals surface area contributed by atoms with Gasteiger partial charge in [-0.1, -0.05) is 0 Å². The fraction of sp³-hybridized carbons (Fsp3) is 0.500. The molecule has 2 aromatic heterocycles. The molecule has 0 aliphatic heterocycles. The first-order valence-corrected chi connectivity index (χ1v) is 7.92. The van der Waals surface area contributed by atoms with Crippen LogP contribution in [0.4, 0.5) is 5.13 Å². The molecule has 7 heteroatoms. The van der Waals surface area contributed by atoms with Gasteiger partial charge in [-0.3, -0.25) is 9.89 Å². The summed E-state index contributed by atoms with van der Waals surface area (Å²) >= 11 is 1.63. The van der Waals surface area contributed by atoms with Crippen molar-refractivity contribution in [3.05, 3.63) is 28.5 Å². The van der Waals surface area contributed by atoms with Crippen molar-refractivity contribution >= 4 is 22.4 Å². The molecule has 0 amide bonds. The van der Waals surface area contributed by atoms with Crippen molar-refractivity contribution < 1.29 is 9.53 Å². The number of aromatic amines is 1. The Morgan fingerprint density at radius 3 is 3.24 bits per heavy atom. The summed E-state index contributed by atoms with van der Waals surface area (Å²) < 4.78 is 5.12. The molecular formula is C14H18N4O2S. The number of aromatic nitrogens is 3. The zero-order valence-electron chi connectivity index (χ0n) is 12.0. The maximum atomic E-state index is 11.9. The van der Waals surface area contributed by atoms with E-state index < -0.39 is 0 Å². The van der Waals surface area contributed by atoms with Gasteiger partial charge in [-0.05, 0) is 26.7 Å². The number of esters is 1. The van der Waals surface area contributed by atoms with Crippen molar-refractivity contribution in [3.8, 4) is 0 Å². The lowest BCUT2D eigenvalue weighted by Gasteiger charge is -2.11. The number of anilines is 1. The SMILES string of the molecule is CCOC(=O)C1CCc2sc(NC(C)c3cn[nH]c3)nc21. The quantitative estimate of drug-likeness (QED) is 0.830. The fourth-order valence-electron chi connectivity index (χ4n) is 2.53. The number of hydrogen-bond donors (Lipinski definition) is 2. The van der Waals surface area contributed by atoms with E-state index in [-0.39, 0.29) is 17.9 Å². The van der Waals surface area contributed by atoms with Gasteiger partial charge < -0.3 is 10.1 Å². The second kappa shape index (κ2) is 5.85. The summed E-state index contributed by atoms with van der Waals surface area (Å²) in [6.07, 6.45) is 5.36. The average Bonchev–Trinajstić information content (AvgIpc) is 3.14. The number of nitrogens with zero attached hydrogens (tertiary/aromatic N) is 2. The van der Waals surface area contributed by atoms with Gasteiger partial charge in [0.15, 0.2) is 5.13 Å². The van der Waals surface area contributed by atoms with E-state index >= 15 is 0 Å². The van der Waals surface area contributed by atoms with Crippen LogP contribution in [0.25, 0.3) is 0 Å². The summed E-state index contributed by atoms with van der Waals surface area (Å²) in [6, 6.07) is 0.121. The van der Waals surface area contributed by atoms with E-state index in [1.807, 2.05) is 13.1 Å². The number of ether oxygens (including phenoxy) is 1. The van der Waals surface area contributed by atoms with Crippen molar-refractivity contribution in [2.24, 2.45) is 0 Å². The zero-order chi connectivity index (χ0) is 14.8. The van der Waals surface area contributed by atoms with E-state index in [2.05, 4.69) is 27.4 Å². The Labute approximate surface area is 126 Å². The molecule has 21 heavy (non-hydrogen) atoms. The van der Waals surface area contributed by atoms with Gasteiger partial charge in [0.05, 0.1) is 24.5 Å². The van der Waals surface area contributed by atoms with Crippen LogP contribution in [-0.4, -0.2) is 27.8 Å². The van der Waals surface area contributed by atoms with Crippen LogP contribution >= 0.6 is 11.3 Å². The molecule has 0 radical (unpaired) electrons. The molecule has 1 aliphatic rings. The van der Waals surface area contributed by atoms with E-state index in [4.69, 9.17) is 4.74 Å². The molecule has 2 heterocycles. The first kappa shape index (κ1) is 14.1. The van der Waals surface area contributed by atoms with E-state index in [1.165, 1.54) is 4.88 Å². The monoisotopic (exact) mass is 306 g/mol. The van der Waals surface area contributed by atoms with Crippen LogP contribution in [0.2, 0.25) is 0 Å². The Morgan fingerprint density at radius 2 is 2.52 bits per heavy atom. The molecule has 0 saturated heterocycles. The van der Waals surface area contributed by atoms with Crippen molar-refractivity contribution in [2.75, 3.05) is 11.9 Å². The molecule has 2 unspecified atom stereocenters. The summed E-state index contributed by atoms with van der Waals surface area (Å²) in [5.74, 6) is -0.355. The molecule has 0 saturated carbocycles. The van der Waals surface area contributed by atoms with Crippen LogP contribution in [-0.2, 0) is 16.0 Å². The maximum Gasteiger partial charge on any atom is 0.315 e. The minimum absolute atomic E-state index is 0.121. The van der Waals surface area contributed by atoms with E-state index in [0.717, 1.165) is 29.2 Å². The molecule has 0 bridgehead atoms. The second-order valence-electron chi connectivity index (χ2n) is 5.07. The normalized spacial score (nSPS) is 18.3.